The van der Waals surface area contributed by atoms with E-state index >= 15 is 0 Å². The number of hydrogen-bond donors (Lipinski definition) is 2. The summed E-state index contributed by atoms with van der Waals surface area (Å²) in [6, 6.07) is 8.20. The van der Waals surface area contributed by atoms with Crippen molar-refractivity contribution in [2.45, 2.75) is 64.0 Å². The number of rotatable bonds is 6. The Morgan fingerprint density at radius 3 is 2.52 bits per heavy atom. The fourth-order valence-corrected chi connectivity index (χ4v) is 3.64. The van der Waals surface area contributed by atoms with Crippen LogP contribution in [0.15, 0.2) is 29.3 Å². The number of benzene rings is 1. The van der Waals surface area contributed by atoms with Crippen LogP contribution in [-0.4, -0.2) is 49.1 Å². The number of halogens is 2. The predicted molar refractivity (Wildman–Crippen MR) is 122 cm³/mol. The summed E-state index contributed by atoms with van der Waals surface area (Å²) < 4.78 is 13.6. The van der Waals surface area contributed by atoms with Gasteiger partial charge in [-0.2, -0.15) is 0 Å². The Balaban J connectivity index is 0.00000261. The van der Waals surface area contributed by atoms with Crippen molar-refractivity contribution in [2.24, 2.45) is 4.99 Å². The van der Waals surface area contributed by atoms with Crippen molar-refractivity contribution in [1.29, 1.82) is 0 Å². The topological polar surface area (TPSA) is 39.7 Å². The number of likely N-dealkylation sites (tertiary alicyclic amines) is 1. The van der Waals surface area contributed by atoms with Crippen LogP contribution in [0.5, 0.6) is 0 Å². The average Bonchev–Trinajstić information content (AvgIpc) is 3.46. The Morgan fingerprint density at radius 2 is 1.93 bits per heavy atom. The molecule has 1 saturated heterocycles. The SMILES string of the molecule is CCNC(=NCC(C)(C)c1cccc(F)c1)NC1CCN(C2CC2)CC1.I. The number of nitrogens with zero attached hydrogens (tertiary/aromatic N) is 2. The molecule has 152 valence electrons. The largest absolute Gasteiger partial charge is 0.357 e. The highest BCUT2D eigenvalue weighted by Gasteiger charge is 2.32. The monoisotopic (exact) mass is 488 g/mol. The third-order valence-corrected chi connectivity index (χ3v) is 5.52. The molecular formula is C21H34FIN4. The number of aliphatic imine (C=N–C) groups is 1. The number of piperidine rings is 1. The van der Waals surface area contributed by atoms with Gasteiger partial charge in [-0.25, -0.2) is 4.39 Å². The van der Waals surface area contributed by atoms with Crippen molar-refractivity contribution in [1.82, 2.24) is 15.5 Å². The van der Waals surface area contributed by atoms with Gasteiger partial charge in [0.25, 0.3) is 0 Å². The Morgan fingerprint density at radius 1 is 1.22 bits per heavy atom. The van der Waals surface area contributed by atoms with Crippen molar-refractivity contribution in [2.75, 3.05) is 26.2 Å². The lowest BCUT2D eigenvalue weighted by atomic mass is 9.85. The fraction of sp³-hybridized carbons (Fsp3) is 0.667. The first-order chi connectivity index (χ1) is 12.5. The highest BCUT2D eigenvalue weighted by molar-refractivity contribution is 14.0. The van der Waals surface area contributed by atoms with Gasteiger partial charge in [0.1, 0.15) is 5.82 Å². The van der Waals surface area contributed by atoms with Gasteiger partial charge in [-0.15, -0.1) is 24.0 Å². The maximum Gasteiger partial charge on any atom is 0.191 e. The van der Waals surface area contributed by atoms with E-state index in [1.54, 1.807) is 12.1 Å². The second kappa shape index (κ2) is 10.0. The molecule has 0 amide bonds. The van der Waals surface area contributed by atoms with Crippen LogP contribution in [0, 0.1) is 5.82 Å². The summed E-state index contributed by atoms with van der Waals surface area (Å²) in [5.74, 6) is 0.689. The lowest BCUT2D eigenvalue weighted by Gasteiger charge is -2.33. The summed E-state index contributed by atoms with van der Waals surface area (Å²) in [7, 11) is 0. The van der Waals surface area contributed by atoms with Crippen LogP contribution in [0.3, 0.4) is 0 Å². The minimum atomic E-state index is -0.209. The van der Waals surface area contributed by atoms with Crippen LogP contribution in [0.4, 0.5) is 4.39 Å². The summed E-state index contributed by atoms with van der Waals surface area (Å²) in [6.45, 7) is 10.2. The van der Waals surface area contributed by atoms with Crippen LogP contribution in [0.25, 0.3) is 0 Å². The maximum absolute atomic E-state index is 13.6. The van der Waals surface area contributed by atoms with E-state index in [1.165, 1.54) is 44.8 Å². The van der Waals surface area contributed by atoms with Crippen molar-refractivity contribution >= 4 is 29.9 Å². The summed E-state index contributed by atoms with van der Waals surface area (Å²) in [6.07, 6.45) is 5.12. The molecule has 0 unspecified atom stereocenters. The smallest absolute Gasteiger partial charge is 0.191 e. The molecule has 2 aliphatic rings. The third-order valence-electron chi connectivity index (χ3n) is 5.52. The Hall–Kier alpha value is -0.890. The quantitative estimate of drug-likeness (QED) is 0.363. The molecule has 1 aliphatic carbocycles. The zero-order chi connectivity index (χ0) is 18.6. The first-order valence-corrected chi connectivity index (χ1v) is 10.0. The van der Waals surface area contributed by atoms with Crippen LogP contribution >= 0.6 is 24.0 Å². The number of nitrogens with one attached hydrogen (secondary N) is 2. The molecule has 1 aromatic carbocycles. The molecule has 4 nitrogen and oxygen atoms in total. The minimum Gasteiger partial charge on any atom is -0.357 e. The van der Waals surface area contributed by atoms with E-state index in [9.17, 15) is 4.39 Å². The van der Waals surface area contributed by atoms with Gasteiger partial charge in [-0.1, -0.05) is 26.0 Å². The highest BCUT2D eigenvalue weighted by Crippen LogP contribution is 2.29. The van der Waals surface area contributed by atoms with Crippen LogP contribution in [0.1, 0.15) is 52.0 Å². The normalized spacial score (nSPS) is 19.5. The molecule has 1 aromatic rings. The van der Waals surface area contributed by atoms with E-state index in [4.69, 9.17) is 4.99 Å². The Labute approximate surface area is 180 Å². The summed E-state index contributed by atoms with van der Waals surface area (Å²) in [5, 5.41) is 6.97. The van der Waals surface area contributed by atoms with E-state index < -0.39 is 0 Å². The molecule has 0 radical (unpaired) electrons. The molecule has 27 heavy (non-hydrogen) atoms. The molecule has 6 heteroatoms. The first-order valence-electron chi connectivity index (χ1n) is 10.0. The van der Waals surface area contributed by atoms with E-state index in [1.807, 2.05) is 6.07 Å². The second-order valence-electron chi connectivity index (χ2n) is 8.28. The Bertz CT molecular complexity index is 622. The molecule has 0 aromatic heterocycles. The molecule has 0 spiro atoms. The van der Waals surface area contributed by atoms with E-state index in [0.29, 0.717) is 12.6 Å². The van der Waals surface area contributed by atoms with Gasteiger partial charge in [-0.3, -0.25) is 4.99 Å². The van der Waals surface area contributed by atoms with Gasteiger partial charge in [0.05, 0.1) is 6.54 Å². The Kier molecular flexibility index (Phi) is 8.34. The van der Waals surface area contributed by atoms with Crippen LogP contribution in [-0.2, 0) is 5.41 Å². The second-order valence-corrected chi connectivity index (χ2v) is 8.28. The molecule has 1 aliphatic heterocycles. The number of hydrogen-bond acceptors (Lipinski definition) is 2. The molecular weight excluding hydrogens is 454 g/mol. The standard InChI is InChI=1S/C21H33FN4.HI/c1-4-23-20(25-18-10-12-26(13-11-18)19-8-9-19)24-15-21(2,3)16-6-5-7-17(22)14-16;/h5-7,14,18-19H,4,8-13,15H2,1-3H3,(H2,23,24,25);1H. The fourth-order valence-electron chi connectivity index (χ4n) is 3.64. The van der Waals surface area contributed by atoms with Gasteiger partial charge in [0, 0.05) is 37.1 Å². The molecule has 1 heterocycles. The van der Waals surface area contributed by atoms with Crippen LogP contribution < -0.4 is 10.6 Å². The summed E-state index contributed by atoms with van der Waals surface area (Å²) in [5.41, 5.74) is 0.773. The van der Waals surface area contributed by atoms with Crippen molar-refractivity contribution in [3.8, 4) is 0 Å². The molecule has 0 bridgehead atoms. The maximum atomic E-state index is 13.6. The zero-order valence-corrected chi connectivity index (χ0v) is 19.1. The molecule has 3 rings (SSSR count). The molecule has 2 N–H and O–H groups in total. The molecule has 0 atom stereocenters. The van der Waals surface area contributed by atoms with E-state index in [0.717, 1.165) is 24.1 Å². The van der Waals surface area contributed by atoms with Crippen molar-refractivity contribution in [3.05, 3.63) is 35.6 Å². The average molecular weight is 488 g/mol. The van der Waals surface area contributed by atoms with Crippen LogP contribution in [0.2, 0.25) is 0 Å². The van der Waals surface area contributed by atoms with E-state index in [2.05, 4.69) is 36.3 Å². The van der Waals surface area contributed by atoms with Gasteiger partial charge in [-0.05, 0) is 50.3 Å². The van der Waals surface area contributed by atoms with Gasteiger partial charge in [0.15, 0.2) is 5.96 Å². The summed E-state index contributed by atoms with van der Waals surface area (Å²) in [4.78, 5) is 7.44. The van der Waals surface area contributed by atoms with Crippen molar-refractivity contribution in [3.63, 3.8) is 0 Å². The minimum absolute atomic E-state index is 0. The third kappa shape index (κ3) is 6.59. The lowest BCUT2D eigenvalue weighted by Crippen LogP contribution is -2.49. The summed E-state index contributed by atoms with van der Waals surface area (Å²) >= 11 is 0. The van der Waals surface area contributed by atoms with Gasteiger partial charge < -0.3 is 15.5 Å². The predicted octanol–water partition coefficient (Wildman–Crippen LogP) is 3.90. The van der Waals surface area contributed by atoms with E-state index in [-0.39, 0.29) is 35.2 Å². The molecule has 2 fully saturated rings. The zero-order valence-electron chi connectivity index (χ0n) is 16.8. The highest BCUT2D eigenvalue weighted by atomic mass is 127. The van der Waals surface area contributed by atoms with Gasteiger partial charge >= 0.3 is 0 Å². The molecule has 1 saturated carbocycles. The van der Waals surface area contributed by atoms with Gasteiger partial charge in [0.2, 0.25) is 0 Å². The lowest BCUT2D eigenvalue weighted by molar-refractivity contribution is 0.197. The van der Waals surface area contributed by atoms with Crippen molar-refractivity contribution < 1.29 is 4.39 Å². The first kappa shape index (κ1) is 22.4. The number of guanidine groups is 1.